The summed E-state index contributed by atoms with van der Waals surface area (Å²) in [4.78, 5) is 28.6. The van der Waals surface area contributed by atoms with E-state index in [0.717, 1.165) is 18.5 Å². The van der Waals surface area contributed by atoms with Crippen molar-refractivity contribution in [3.05, 3.63) is 46.3 Å². The van der Waals surface area contributed by atoms with Crippen molar-refractivity contribution >= 4 is 5.97 Å². The van der Waals surface area contributed by atoms with Gasteiger partial charge in [-0.05, 0) is 18.2 Å². The van der Waals surface area contributed by atoms with Crippen molar-refractivity contribution in [3.63, 3.8) is 0 Å². The summed E-state index contributed by atoms with van der Waals surface area (Å²) in [5, 5.41) is 8.88. The van der Waals surface area contributed by atoms with Gasteiger partial charge < -0.3 is 14.8 Å². The van der Waals surface area contributed by atoms with Gasteiger partial charge in [-0.2, -0.15) is 0 Å². The number of halogens is 1. The van der Waals surface area contributed by atoms with Gasteiger partial charge in [0, 0.05) is 5.56 Å². The molecule has 0 aliphatic heterocycles. The minimum absolute atomic E-state index is 0.0771. The number of aromatic amines is 1. The van der Waals surface area contributed by atoms with Gasteiger partial charge in [0.1, 0.15) is 11.5 Å². The smallest absolute Gasteiger partial charge is 0.335 e. The summed E-state index contributed by atoms with van der Waals surface area (Å²) in [5.41, 5.74) is -0.540. The molecule has 0 unspecified atom stereocenters. The Morgan fingerprint density at radius 2 is 2.16 bits per heavy atom. The first kappa shape index (κ1) is 12.7. The maximum Gasteiger partial charge on any atom is 0.335 e. The maximum absolute atomic E-state index is 13.4. The second-order valence-corrected chi connectivity index (χ2v) is 3.65. The van der Waals surface area contributed by atoms with Crippen molar-refractivity contribution in [1.29, 1.82) is 0 Å². The first-order valence-corrected chi connectivity index (χ1v) is 5.19. The average Bonchev–Trinajstić information content (AvgIpc) is 2.37. The van der Waals surface area contributed by atoms with Crippen LogP contribution in [-0.2, 0) is 0 Å². The molecule has 19 heavy (non-hydrogen) atoms. The van der Waals surface area contributed by atoms with E-state index in [4.69, 9.17) is 9.84 Å². The van der Waals surface area contributed by atoms with Crippen molar-refractivity contribution in [2.24, 2.45) is 0 Å². The zero-order valence-electron chi connectivity index (χ0n) is 9.81. The van der Waals surface area contributed by atoms with Crippen LogP contribution in [0.1, 0.15) is 10.4 Å². The van der Waals surface area contributed by atoms with E-state index in [0.29, 0.717) is 0 Å². The van der Waals surface area contributed by atoms with E-state index in [1.54, 1.807) is 0 Å². The molecule has 98 valence electrons. The van der Waals surface area contributed by atoms with E-state index in [1.165, 1.54) is 13.2 Å². The quantitative estimate of drug-likeness (QED) is 0.871. The molecule has 0 saturated carbocycles. The summed E-state index contributed by atoms with van der Waals surface area (Å²) in [5.74, 6) is -2.12. The molecule has 7 heteroatoms. The minimum atomic E-state index is -1.27. The molecule has 1 aromatic heterocycles. The number of methoxy groups -OCH3 is 1. The fourth-order valence-electron chi connectivity index (χ4n) is 1.63. The normalized spacial score (nSPS) is 10.2. The Balaban J connectivity index is 2.69. The number of ether oxygens (including phenoxy) is 1. The van der Waals surface area contributed by atoms with E-state index in [1.807, 2.05) is 0 Å². The van der Waals surface area contributed by atoms with Gasteiger partial charge in [-0.1, -0.05) is 0 Å². The first-order valence-electron chi connectivity index (χ1n) is 5.19. The lowest BCUT2D eigenvalue weighted by atomic mass is 10.1. The maximum atomic E-state index is 13.4. The van der Waals surface area contributed by atoms with Gasteiger partial charge in [0.05, 0.1) is 19.0 Å². The Morgan fingerprint density at radius 3 is 2.79 bits per heavy atom. The molecule has 2 rings (SSSR count). The number of nitrogens with one attached hydrogen (secondary N) is 1. The van der Waals surface area contributed by atoms with Gasteiger partial charge in [-0.3, -0.25) is 4.79 Å². The van der Waals surface area contributed by atoms with Gasteiger partial charge in [0.2, 0.25) is 5.75 Å². The van der Waals surface area contributed by atoms with Gasteiger partial charge in [0.15, 0.2) is 0 Å². The van der Waals surface area contributed by atoms with Crippen LogP contribution in [0.15, 0.2) is 29.3 Å². The molecule has 2 aromatic rings. The van der Waals surface area contributed by atoms with E-state index >= 15 is 0 Å². The Labute approximate surface area is 106 Å². The third-order valence-corrected chi connectivity index (χ3v) is 2.43. The highest BCUT2D eigenvalue weighted by Crippen LogP contribution is 2.25. The SMILES string of the molecule is COc1c(-c2cc(F)cc(C(=O)O)c2)nc[nH]c1=O. The molecule has 0 bridgehead atoms. The van der Waals surface area contributed by atoms with Gasteiger partial charge in [0.25, 0.3) is 5.56 Å². The number of aromatic nitrogens is 2. The topological polar surface area (TPSA) is 92.3 Å². The molecule has 0 amide bonds. The molecule has 0 saturated heterocycles. The largest absolute Gasteiger partial charge is 0.490 e. The molecule has 6 nitrogen and oxygen atoms in total. The number of rotatable bonds is 3. The summed E-state index contributed by atoms with van der Waals surface area (Å²) < 4.78 is 18.3. The highest BCUT2D eigenvalue weighted by Gasteiger charge is 2.15. The average molecular weight is 264 g/mol. The number of carbonyl (C=O) groups is 1. The number of H-pyrrole nitrogens is 1. The standard InChI is InChI=1S/C12H9FN2O4/c1-19-10-9(14-5-15-11(10)16)6-2-7(12(17)18)4-8(13)3-6/h2-5H,1H3,(H,17,18)(H,14,15,16). The van der Waals surface area contributed by atoms with E-state index in [2.05, 4.69) is 9.97 Å². The fourth-order valence-corrected chi connectivity index (χ4v) is 1.63. The van der Waals surface area contributed by atoms with Gasteiger partial charge in [-0.25, -0.2) is 14.2 Å². The zero-order chi connectivity index (χ0) is 14.0. The molecule has 2 N–H and O–H groups in total. The van der Waals surface area contributed by atoms with Crippen LogP contribution in [0.25, 0.3) is 11.3 Å². The fraction of sp³-hybridized carbons (Fsp3) is 0.0833. The molecule has 0 atom stereocenters. The van der Waals surface area contributed by atoms with Crippen molar-refractivity contribution < 1.29 is 19.0 Å². The highest BCUT2D eigenvalue weighted by molar-refractivity contribution is 5.89. The Hall–Kier alpha value is -2.70. The molecule has 1 heterocycles. The van der Waals surface area contributed by atoms with Crippen molar-refractivity contribution in [3.8, 4) is 17.0 Å². The molecule has 0 fully saturated rings. The lowest BCUT2D eigenvalue weighted by molar-refractivity contribution is 0.0696. The molecular weight excluding hydrogens is 255 g/mol. The second-order valence-electron chi connectivity index (χ2n) is 3.65. The predicted octanol–water partition coefficient (Wildman–Crippen LogP) is 1.28. The van der Waals surface area contributed by atoms with Crippen LogP contribution >= 0.6 is 0 Å². The Kier molecular flexibility index (Phi) is 3.28. The number of aromatic carboxylic acids is 1. The van der Waals surface area contributed by atoms with Crippen LogP contribution in [0, 0.1) is 5.82 Å². The highest BCUT2D eigenvalue weighted by atomic mass is 19.1. The summed E-state index contributed by atoms with van der Waals surface area (Å²) in [6.07, 6.45) is 1.13. The molecule has 1 aromatic carbocycles. The monoisotopic (exact) mass is 264 g/mol. The zero-order valence-corrected chi connectivity index (χ0v) is 9.81. The molecule has 0 spiro atoms. The van der Waals surface area contributed by atoms with E-state index < -0.39 is 17.3 Å². The van der Waals surface area contributed by atoms with Crippen molar-refractivity contribution in [2.75, 3.05) is 7.11 Å². The van der Waals surface area contributed by atoms with Crippen LogP contribution in [0.5, 0.6) is 5.75 Å². The first-order chi connectivity index (χ1) is 9.02. The van der Waals surface area contributed by atoms with Gasteiger partial charge >= 0.3 is 5.97 Å². The Bertz CT molecular complexity index is 696. The molecule has 0 aliphatic carbocycles. The number of nitrogens with zero attached hydrogens (tertiary/aromatic N) is 1. The summed E-state index contributed by atoms with van der Waals surface area (Å²) in [6, 6.07) is 3.18. The molecule has 0 radical (unpaired) electrons. The Morgan fingerprint density at radius 1 is 1.42 bits per heavy atom. The molecule has 0 aliphatic rings. The van der Waals surface area contributed by atoms with E-state index in [9.17, 15) is 14.0 Å². The number of carboxylic acids is 1. The van der Waals surface area contributed by atoms with Gasteiger partial charge in [-0.15, -0.1) is 0 Å². The van der Waals surface area contributed by atoms with E-state index in [-0.39, 0.29) is 22.6 Å². The van der Waals surface area contributed by atoms with Crippen LogP contribution in [0.2, 0.25) is 0 Å². The number of hydrogen-bond acceptors (Lipinski definition) is 4. The second kappa shape index (κ2) is 4.89. The lowest BCUT2D eigenvalue weighted by Crippen LogP contribution is -2.11. The summed E-state index contributed by atoms with van der Waals surface area (Å²) in [6.45, 7) is 0. The number of hydrogen-bond donors (Lipinski definition) is 2. The number of benzene rings is 1. The summed E-state index contributed by atoms with van der Waals surface area (Å²) in [7, 11) is 1.27. The number of carboxylic acid groups (broad SMARTS) is 1. The third-order valence-electron chi connectivity index (χ3n) is 2.43. The van der Waals surface area contributed by atoms with Crippen LogP contribution < -0.4 is 10.3 Å². The van der Waals surface area contributed by atoms with Crippen molar-refractivity contribution in [1.82, 2.24) is 9.97 Å². The lowest BCUT2D eigenvalue weighted by Gasteiger charge is -2.07. The molecular formula is C12H9FN2O4. The van der Waals surface area contributed by atoms with Crippen LogP contribution in [0.3, 0.4) is 0 Å². The minimum Gasteiger partial charge on any atom is -0.490 e. The third kappa shape index (κ3) is 2.44. The van der Waals surface area contributed by atoms with Crippen molar-refractivity contribution in [2.45, 2.75) is 0 Å². The van der Waals surface area contributed by atoms with Crippen LogP contribution in [-0.4, -0.2) is 28.2 Å². The summed E-state index contributed by atoms with van der Waals surface area (Å²) >= 11 is 0. The van der Waals surface area contributed by atoms with Crippen LogP contribution in [0.4, 0.5) is 4.39 Å². The predicted molar refractivity (Wildman–Crippen MR) is 63.8 cm³/mol.